The van der Waals surface area contributed by atoms with E-state index in [2.05, 4.69) is 4.99 Å². The van der Waals surface area contributed by atoms with Crippen molar-refractivity contribution < 1.29 is 9.90 Å². The van der Waals surface area contributed by atoms with Gasteiger partial charge in [0.2, 0.25) is 5.91 Å². The van der Waals surface area contributed by atoms with E-state index in [1.165, 1.54) is 0 Å². The lowest BCUT2D eigenvalue weighted by atomic mass is 9.85. The average Bonchev–Trinajstić information content (AvgIpc) is 2.30. The van der Waals surface area contributed by atoms with Gasteiger partial charge in [0.1, 0.15) is 0 Å². The summed E-state index contributed by atoms with van der Waals surface area (Å²) < 4.78 is 0. The second-order valence-electron chi connectivity index (χ2n) is 2.94. The molecule has 2 aliphatic rings. The summed E-state index contributed by atoms with van der Waals surface area (Å²) in [5.74, 6) is -0.700. The number of fused-ring (bicyclic) bond motifs is 1. The van der Waals surface area contributed by atoms with Gasteiger partial charge in [-0.15, -0.1) is 0 Å². The van der Waals surface area contributed by atoms with Crippen LogP contribution in [0, 0.1) is 11.8 Å². The Morgan fingerprint density at radius 1 is 1.36 bits per heavy atom. The van der Waals surface area contributed by atoms with Crippen molar-refractivity contribution in [1.82, 2.24) is 0 Å². The van der Waals surface area contributed by atoms with E-state index in [4.69, 9.17) is 0 Å². The normalized spacial score (nSPS) is 35.3. The first-order chi connectivity index (χ1) is 5.29. The average molecular weight is 150 g/mol. The summed E-state index contributed by atoms with van der Waals surface area (Å²) >= 11 is 0. The van der Waals surface area contributed by atoms with Crippen LogP contribution in [0.25, 0.3) is 0 Å². The molecule has 1 heterocycles. The minimum atomic E-state index is -0.218. The Hall–Kier alpha value is -1.12. The van der Waals surface area contributed by atoms with Crippen molar-refractivity contribution in [1.29, 1.82) is 0 Å². The molecule has 2 rings (SSSR count). The fraction of sp³-hybridized carbons (Fsp3) is 0.500. The highest BCUT2D eigenvalue weighted by atomic mass is 16.3. The van der Waals surface area contributed by atoms with Crippen LogP contribution in [0.1, 0.15) is 12.8 Å². The minimum Gasteiger partial charge on any atom is -0.861 e. The van der Waals surface area contributed by atoms with Crippen molar-refractivity contribution in [3.8, 4) is 0 Å². The predicted molar refractivity (Wildman–Crippen MR) is 37.8 cm³/mol. The lowest BCUT2D eigenvalue weighted by Crippen LogP contribution is -2.29. The fourth-order valence-electron chi connectivity index (χ4n) is 1.63. The fourth-order valence-corrected chi connectivity index (χ4v) is 1.63. The molecule has 0 radical (unpaired) electrons. The van der Waals surface area contributed by atoms with Crippen molar-refractivity contribution in [2.45, 2.75) is 12.8 Å². The molecule has 1 amide bonds. The number of carbonyl (C=O) groups excluding carboxylic acids is 1. The van der Waals surface area contributed by atoms with Crippen LogP contribution < -0.4 is 5.11 Å². The van der Waals surface area contributed by atoms with E-state index in [0.717, 1.165) is 0 Å². The van der Waals surface area contributed by atoms with E-state index in [0.29, 0.717) is 12.8 Å². The second kappa shape index (κ2) is 2.19. The van der Waals surface area contributed by atoms with Gasteiger partial charge < -0.3 is 5.11 Å². The quantitative estimate of drug-likeness (QED) is 0.451. The molecule has 0 aromatic carbocycles. The van der Waals surface area contributed by atoms with Crippen LogP contribution in [0.2, 0.25) is 0 Å². The first-order valence-electron chi connectivity index (χ1n) is 3.73. The number of carbonyl (C=O) groups is 1. The molecule has 0 fully saturated rings. The lowest BCUT2D eigenvalue weighted by molar-refractivity contribution is -0.223. The Kier molecular flexibility index (Phi) is 1.31. The molecule has 0 aromatic rings. The van der Waals surface area contributed by atoms with Gasteiger partial charge in [-0.2, -0.15) is 0 Å². The lowest BCUT2D eigenvalue weighted by Gasteiger charge is -2.22. The SMILES string of the molecule is O=C1N=C([O-])C2CC=CCC12. The van der Waals surface area contributed by atoms with E-state index in [1.54, 1.807) is 0 Å². The van der Waals surface area contributed by atoms with Gasteiger partial charge >= 0.3 is 0 Å². The summed E-state index contributed by atoms with van der Waals surface area (Å²) in [7, 11) is 0. The summed E-state index contributed by atoms with van der Waals surface area (Å²) in [6.45, 7) is 0. The van der Waals surface area contributed by atoms with Crippen LogP contribution in [0.4, 0.5) is 0 Å². The summed E-state index contributed by atoms with van der Waals surface area (Å²) in [6, 6.07) is 0. The molecule has 2 atom stereocenters. The standard InChI is InChI=1S/C8H9NO2/c10-7-5-3-1-2-4-6(5)8(11)9-7/h1-2,5-6H,3-4H2,(H,9,10,11)/p-1. The predicted octanol–water partition coefficient (Wildman–Crippen LogP) is -0.132. The zero-order valence-electron chi connectivity index (χ0n) is 5.99. The molecule has 0 bridgehead atoms. The smallest absolute Gasteiger partial charge is 0.248 e. The number of aliphatic imine (C=N–C) groups is 1. The number of nitrogens with zero attached hydrogens (tertiary/aromatic N) is 1. The van der Waals surface area contributed by atoms with E-state index in [-0.39, 0.29) is 23.6 Å². The maximum atomic E-state index is 11.0. The monoisotopic (exact) mass is 150 g/mol. The van der Waals surface area contributed by atoms with Gasteiger partial charge in [-0.1, -0.05) is 12.2 Å². The number of amides is 1. The molecule has 0 N–H and O–H groups in total. The van der Waals surface area contributed by atoms with Crippen LogP contribution in [0.3, 0.4) is 0 Å². The Morgan fingerprint density at radius 2 is 2.00 bits per heavy atom. The molecule has 0 saturated heterocycles. The van der Waals surface area contributed by atoms with Crippen LogP contribution in [0.5, 0.6) is 0 Å². The largest absolute Gasteiger partial charge is 0.861 e. The maximum absolute atomic E-state index is 11.0. The Balaban J connectivity index is 2.29. The summed E-state index contributed by atoms with van der Waals surface area (Å²) in [6.07, 6.45) is 5.29. The molecule has 2 unspecified atom stereocenters. The van der Waals surface area contributed by atoms with Gasteiger partial charge in [0.05, 0.1) is 5.92 Å². The van der Waals surface area contributed by atoms with E-state index in [9.17, 15) is 9.90 Å². The minimum absolute atomic E-state index is 0.132. The molecule has 0 spiro atoms. The highest BCUT2D eigenvalue weighted by Gasteiger charge is 2.33. The zero-order chi connectivity index (χ0) is 7.84. The van der Waals surface area contributed by atoms with Gasteiger partial charge in [0, 0.05) is 5.92 Å². The van der Waals surface area contributed by atoms with Gasteiger partial charge in [0.15, 0.2) is 0 Å². The molecule has 0 saturated carbocycles. The summed E-state index contributed by atoms with van der Waals surface area (Å²) in [5, 5.41) is 11.0. The van der Waals surface area contributed by atoms with Crippen molar-refractivity contribution in [3.63, 3.8) is 0 Å². The molecule has 0 aromatic heterocycles. The first kappa shape index (κ1) is 6.58. The van der Waals surface area contributed by atoms with Gasteiger partial charge in [-0.25, -0.2) is 4.99 Å². The van der Waals surface area contributed by atoms with E-state index < -0.39 is 0 Å². The molecule has 58 valence electrons. The highest BCUT2D eigenvalue weighted by Crippen LogP contribution is 2.30. The topological polar surface area (TPSA) is 52.5 Å². The van der Waals surface area contributed by atoms with Crippen molar-refractivity contribution in [2.75, 3.05) is 0 Å². The molecule has 1 aliphatic carbocycles. The van der Waals surface area contributed by atoms with Gasteiger partial charge in [0.25, 0.3) is 0 Å². The Bertz CT molecular complexity index is 255. The van der Waals surface area contributed by atoms with Crippen LogP contribution >= 0.6 is 0 Å². The highest BCUT2D eigenvalue weighted by molar-refractivity contribution is 6.00. The van der Waals surface area contributed by atoms with E-state index in [1.807, 2.05) is 12.2 Å². The van der Waals surface area contributed by atoms with Crippen LogP contribution in [-0.4, -0.2) is 11.8 Å². The zero-order valence-corrected chi connectivity index (χ0v) is 5.99. The summed E-state index contributed by atoms with van der Waals surface area (Å²) in [4.78, 5) is 14.4. The molecular formula is C8H8NO2-. The van der Waals surface area contributed by atoms with Crippen molar-refractivity contribution >= 4 is 11.8 Å². The Morgan fingerprint density at radius 3 is 2.64 bits per heavy atom. The molecular weight excluding hydrogens is 142 g/mol. The van der Waals surface area contributed by atoms with Crippen LogP contribution in [-0.2, 0) is 4.79 Å². The number of hydrogen-bond acceptors (Lipinski definition) is 2. The molecule has 3 nitrogen and oxygen atoms in total. The number of allylic oxidation sites excluding steroid dienone is 2. The third kappa shape index (κ3) is 0.878. The first-order valence-corrected chi connectivity index (χ1v) is 3.73. The number of rotatable bonds is 0. The van der Waals surface area contributed by atoms with E-state index >= 15 is 0 Å². The van der Waals surface area contributed by atoms with Crippen molar-refractivity contribution in [2.24, 2.45) is 16.8 Å². The van der Waals surface area contributed by atoms with Gasteiger partial charge in [-0.05, 0) is 18.7 Å². The summed E-state index contributed by atoms with van der Waals surface area (Å²) in [5.41, 5.74) is 0. The Labute approximate surface area is 64.4 Å². The molecule has 1 aliphatic heterocycles. The van der Waals surface area contributed by atoms with Crippen molar-refractivity contribution in [3.05, 3.63) is 12.2 Å². The second-order valence-corrected chi connectivity index (χ2v) is 2.94. The third-order valence-corrected chi connectivity index (χ3v) is 2.29. The molecule has 11 heavy (non-hydrogen) atoms. The number of hydrogen-bond donors (Lipinski definition) is 0. The van der Waals surface area contributed by atoms with Crippen LogP contribution in [0.15, 0.2) is 17.1 Å². The maximum Gasteiger partial charge on any atom is 0.248 e. The van der Waals surface area contributed by atoms with Gasteiger partial charge in [-0.3, -0.25) is 4.79 Å². The molecule has 3 heteroatoms. The third-order valence-electron chi connectivity index (χ3n) is 2.29.